The van der Waals surface area contributed by atoms with Crippen molar-refractivity contribution in [1.82, 2.24) is 9.97 Å². The third-order valence-corrected chi connectivity index (χ3v) is 3.03. The largest absolute Gasteiger partial charge is 0.368 e. The van der Waals surface area contributed by atoms with Gasteiger partial charge in [-0.05, 0) is 29.0 Å². The molecule has 14 heavy (non-hydrogen) atoms. The molecule has 1 amide bonds. The average Bonchev–Trinajstić information content (AvgIpc) is 2.05. The Balaban J connectivity index is 2.24. The average molecular weight is 304 g/mol. The van der Waals surface area contributed by atoms with Gasteiger partial charge in [0.1, 0.15) is 18.2 Å². The van der Waals surface area contributed by atoms with Gasteiger partial charge in [-0.15, -0.1) is 0 Å². The Morgan fingerprint density at radius 1 is 1.71 bits per heavy atom. The molecule has 1 aromatic rings. The van der Waals surface area contributed by atoms with Crippen LogP contribution in [0.1, 0.15) is 6.42 Å². The maximum absolute atomic E-state index is 11.0. The summed E-state index contributed by atoms with van der Waals surface area (Å²) in [6, 6.07) is -0.196. The molecule has 1 saturated heterocycles. The first-order valence-corrected chi connectivity index (χ1v) is 5.29. The fourth-order valence-electron chi connectivity index (χ4n) is 1.45. The van der Waals surface area contributed by atoms with Gasteiger partial charge < -0.3 is 10.6 Å². The van der Waals surface area contributed by atoms with E-state index in [0.29, 0.717) is 0 Å². The molecule has 2 rings (SSSR count). The molecule has 74 valence electrons. The number of halogens is 1. The third kappa shape index (κ3) is 1.54. The highest BCUT2D eigenvalue weighted by Gasteiger charge is 2.34. The summed E-state index contributed by atoms with van der Waals surface area (Å²) >= 11 is 2.15. The number of anilines is 1. The summed E-state index contributed by atoms with van der Waals surface area (Å²) in [5, 5.41) is 0. The van der Waals surface area contributed by atoms with Crippen LogP contribution in [0, 0.1) is 3.57 Å². The number of primary amides is 1. The van der Waals surface area contributed by atoms with Gasteiger partial charge in [0, 0.05) is 12.7 Å². The monoisotopic (exact) mass is 304 g/mol. The topological polar surface area (TPSA) is 72.1 Å². The van der Waals surface area contributed by atoms with Crippen LogP contribution in [-0.4, -0.2) is 28.5 Å². The predicted molar refractivity (Wildman–Crippen MR) is 59.7 cm³/mol. The van der Waals surface area contributed by atoms with E-state index in [4.69, 9.17) is 5.73 Å². The minimum atomic E-state index is -0.286. The van der Waals surface area contributed by atoms with Gasteiger partial charge in [0.15, 0.2) is 0 Å². The van der Waals surface area contributed by atoms with Gasteiger partial charge in [-0.2, -0.15) is 0 Å². The second-order valence-electron chi connectivity index (χ2n) is 3.09. The molecule has 1 aromatic heterocycles. The fraction of sp³-hybridized carbons (Fsp3) is 0.375. The molecule has 2 heterocycles. The number of carbonyl (C=O) groups excluding carboxylic acids is 1. The van der Waals surface area contributed by atoms with Gasteiger partial charge in [0.25, 0.3) is 0 Å². The van der Waals surface area contributed by atoms with E-state index in [1.165, 1.54) is 6.33 Å². The summed E-state index contributed by atoms with van der Waals surface area (Å²) in [6.07, 6.45) is 4.02. The number of carbonyl (C=O) groups is 1. The van der Waals surface area contributed by atoms with Gasteiger partial charge in [0.05, 0.1) is 3.57 Å². The number of amides is 1. The molecule has 0 radical (unpaired) electrons. The van der Waals surface area contributed by atoms with Crippen molar-refractivity contribution in [2.75, 3.05) is 11.4 Å². The standard InChI is InChI=1S/C8H9IN4O/c9-5-3-11-4-12-8(5)13-2-1-6(13)7(10)14/h3-4,6H,1-2H2,(H2,10,14). The first kappa shape index (κ1) is 9.63. The second-order valence-corrected chi connectivity index (χ2v) is 4.26. The van der Waals surface area contributed by atoms with Gasteiger partial charge in [-0.3, -0.25) is 4.79 Å². The minimum absolute atomic E-state index is 0.196. The summed E-state index contributed by atoms with van der Waals surface area (Å²) in [5.41, 5.74) is 5.25. The molecule has 1 unspecified atom stereocenters. The lowest BCUT2D eigenvalue weighted by molar-refractivity contribution is -0.120. The highest BCUT2D eigenvalue weighted by Crippen LogP contribution is 2.27. The van der Waals surface area contributed by atoms with Crippen molar-refractivity contribution in [3.05, 3.63) is 16.1 Å². The van der Waals surface area contributed by atoms with E-state index in [1.807, 2.05) is 4.90 Å². The van der Waals surface area contributed by atoms with Crippen molar-refractivity contribution < 1.29 is 4.79 Å². The number of hydrogen-bond donors (Lipinski definition) is 1. The van der Waals surface area contributed by atoms with Crippen LogP contribution in [0.15, 0.2) is 12.5 Å². The molecule has 0 saturated carbocycles. The van der Waals surface area contributed by atoms with Crippen LogP contribution >= 0.6 is 22.6 Å². The number of hydrogen-bond acceptors (Lipinski definition) is 4. The Bertz CT molecular complexity index is 370. The molecule has 1 fully saturated rings. The molecule has 0 spiro atoms. The summed E-state index contributed by atoms with van der Waals surface area (Å²) in [4.78, 5) is 20.9. The van der Waals surface area contributed by atoms with E-state index in [0.717, 1.165) is 22.4 Å². The third-order valence-electron chi connectivity index (χ3n) is 2.27. The normalized spacial score (nSPS) is 20.4. The Kier molecular flexibility index (Phi) is 2.53. The molecule has 0 bridgehead atoms. The lowest BCUT2D eigenvalue weighted by atomic mass is 10.0. The van der Waals surface area contributed by atoms with Gasteiger partial charge in [0.2, 0.25) is 5.91 Å². The van der Waals surface area contributed by atoms with Crippen LogP contribution in [0.3, 0.4) is 0 Å². The van der Waals surface area contributed by atoms with Crippen molar-refractivity contribution in [3.8, 4) is 0 Å². The summed E-state index contributed by atoms with van der Waals surface area (Å²) in [5.74, 6) is 0.515. The fourth-order valence-corrected chi connectivity index (χ4v) is 2.06. The lowest BCUT2D eigenvalue weighted by Crippen LogP contribution is -2.55. The van der Waals surface area contributed by atoms with Crippen LogP contribution in [-0.2, 0) is 4.79 Å². The van der Waals surface area contributed by atoms with Crippen LogP contribution < -0.4 is 10.6 Å². The highest BCUT2D eigenvalue weighted by atomic mass is 127. The maximum Gasteiger partial charge on any atom is 0.240 e. The zero-order valence-electron chi connectivity index (χ0n) is 7.35. The maximum atomic E-state index is 11.0. The molecule has 5 nitrogen and oxygen atoms in total. The van der Waals surface area contributed by atoms with Gasteiger partial charge in [-0.1, -0.05) is 0 Å². The smallest absolute Gasteiger partial charge is 0.240 e. The second kappa shape index (κ2) is 3.68. The molecule has 1 aliphatic heterocycles. The van der Waals surface area contributed by atoms with Crippen molar-refractivity contribution >= 4 is 34.3 Å². The van der Waals surface area contributed by atoms with Crippen LogP contribution in [0.5, 0.6) is 0 Å². The van der Waals surface area contributed by atoms with E-state index in [-0.39, 0.29) is 11.9 Å². The Labute approximate surface area is 94.8 Å². The molecule has 0 aliphatic carbocycles. The Hall–Kier alpha value is -0.920. The van der Waals surface area contributed by atoms with Crippen molar-refractivity contribution in [1.29, 1.82) is 0 Å². The summed E-state index contributed by atoms with van der Waals surface area (Å²) in [7, 11) is 0. The molecular weight excluding hydrogens is 295 g/mol. The molecule has 0 aromatic carbocycles. The minimum Gasteiger partial charge on any atom is -0.368 e. The first-order valence-electron chi connectivity index (χ1n) is 4.21. The number of nitrogens with zero attached hydrogens (tertiary/aromatic N) is 3. The number of rotatable bonds is 2. The number of nitrogens with two attached hydrogens (primary N) is 1. The van der Waals surface area contributed by atoms with E-state index in [9.17, 15) is 4.79 Å². The van der Waals surface area contributed by atoms with Crippen LogP contribution in [0.2, 0.25) is 0 Å². The van der Waals surface area contributed by atoms with E-state index < -0.39 is 0 Å². The van der Waals surface area contributed by atoms with E-state index in [1.54, 1.807) is 6.20 Å². The molecule has 1 aliphatic rings. The van der Waals surface area contributed by atoms with Gasteiger partial charge >= 0.3 is 0 Å². The zero-order valence-corrected chi connectivity index (χ0v) is 9.51. The molecule has 2 N–H and O–H groups in total. The molecule has 6 heteroatoms. The van der Waals surface area contributed by atoms with Crippen molar-refractivity contribution in [2.45, 2.75) is 12.5 Å². The SMILES string of the molecule is NC(=O)C1CCN1c1ncncc1I. The Morgan fingerprint density at radius 2 is 2.50 bits per heavy atom. The molecule has 1 atom stereocenters. The van der Waals surface area contributed by atoms with Crippen molar-refractivity contribution in [3.63, 3.8) is 0 Å². The highest BCUT2D eigenvalue weighted by molar-refractivity contribution is 14.1. The van der Waals surface area contributed by atoms with E-state index in [2.05, 4.69) is 32.6 Å². The van der Waals surface area contributed by atoms with E-state index >= 15 is 0 Å². The lowest BCUT2D eigenvalue weighted by Gasteiger charge is -2.39. The summed E-state index contributed by atoms with van der Waals surface area (Å²) < 4.78 is 0.941. The van der Waals surface area contributed by atoms with Crippen LogP contribution in [0.25, 0.3) is 0 Å². The zero-order chi connectivity index (χ0) is 10.1. The Morgan fingerprint density at radius 3 is 3.00 bits per heavy atom. The van der Waals surface area contributed by atoms with Gasteiger partial charge in [-0.25, -0.2) is 9.97 Å². The quantitative estimate of drug-likeness (QED) is 0.789. The summed E-state index contributed by atoms with van der Waals surface area (Å²) in [6.45, 7) is 0.834. The van der Waals surface area contributed by atoms with Crippen molar-refractivity contribution in [2.24, 2.45) is 5.73 Å². The predicted octanol–water partition coefficient (Wildman–Crippen LogP) is 0.145. The number of aromatic nitrogens is 2. The van der Waals surface area contributed by atoms with Crippen LogP contribution in [0.4, 0.5) is 5.82 Å². The molecular formula is C8H9IN4O. The first-order chi connectivity index (χ1) is 6.70.